The Hall–Kier alpha value is -0.0400. The maximum Gasteiger partial charge on any atom is 0.0437 e. The summed E-state index contributed by atoms with van der Waals surface area (Å²) >= 11 is 0. The van der Waals surface area contributed by atoms with Gasteiger partial charge in [0, 0.05) is 13.2 Å². The monoisotopic (exact) mass is 332 g/mol. The predicted octanol–water partition coefficient (Wildman–Crippen LogP) is 8.80. The lowest BCUT2D eigenvalue weighted by molar-refractivity contribution is 0.162. The molecule has 23 heavy (non-hydrogen) atoms. The molecule has 0 spiro atoms. The lowest BCUT2D eigenvalue weighted by atomic mass is 10.2. The third-order valence-corrected chi connectivity index (χ3v) is 3.28. The molecule has 146 valence electrons. The Morgan fingerprint density at radius 1 is 0.348 bits per heavy atom. The van der Waals surface area contributed by atoms with Gasteiger partial charge in [-0.05, 0) is 13.8 Å². The fourth-order valence-electron chi connectivity index (χ4n) is 1.70. The number of rotatable bonds is 11. The lowest BCUT2D eigenvalue weighted by Crippen LogP contribution is -1.84. The van der Waals surface area contributed by atoms with E-state index >= 15 is 0 Å². The Kier molecular flexibility index (Phi) is 57.7. The zero-order chi connectivity index (χ0) is 18.6. The molecule has 0 bridgehead atoms. The molecule has 0 atom stereocenters. The van der Waals surface area contributed by atoms with E-state index in [-0.39, 0.29) is 0 Å². The minimum absolute atomic E-state index is 0.844. The van der Waals surface area contributed by atoms with Crippen LogP contribution in [0.5, 0.6) is 0 Å². The zero-order valence-corrected chi connectivity index (χ0v) is 18.3. The second-order valence-corrected chi connectivity index (χ2v) is 5.90. The number of unbranched alkanes of at least 4 members (excludes halogenated alkanes) is 9. The topological polar surface area (TPSA) is 9.23 Å². The maximum atomic E-state index is 4.83. The Morgan fingerprint density at radius 2 is 0.522 bits per heavy atom. The van der Waals surface area contributed by atoms with Gasteiger partial charge in [0.05, 0.1) is 0 Å². The third kappa shape index (κ3) is 72.8. The van der Waals surface area contributed by atoms with E-state index in [1.54, 1.807) is 0 Å². The van der Waals surface area contributed by atoms with E-state index in [9.17, 15) is 0 Å². The minimum atomic E-state index is 0.844. The van der Waals surface area contributed by atoms with Crippen molar-refractivity contribution < 1.29 is 4.74 Å². The average molecular weight is 333 g/mol. The van der Waals surface area contributed by atoms with Crippen molar-refractivity contribution in [1.29, 1.82) is 0 Å². The van der Waals surface area contributed by atoms with Crippen molar-refractivity contribution >= 4 is 0 Å². The first kappa shape index (κ1) is 30.8. The first-order valence-corrected chi connectivity index (χ1v) is 10.7. The van der Waals surface area contributed by atoms with E-state index in [0.717, 1.165) is 13.2 Å². The van der Waals surface area contributed by atoms with E-state index in [1.165, 1.54) is 77.0 Å². The first-order valence-electron chi connectivity index (χ1n) is 10.7. The highest BCUT2D eigenvalue weighted by atomic mass is 16.5. The largest absolute Gasteiger partial charge is 0.382 e. The molecule has 0 amide bonds. The Bertz CT molecular complexity index is 90.1. The van der Waals surface area contributed by atoms with Crippen LogP contribution in [0.25, 0.3) is 0 Å². The summed E-state index contributed by atoms with van der Waals surface area (Å²) < 4.78 is 4.83. The highest BCUT2D eigenvalue weighted by Crippen LogP contribution is 1.96. The summed E-state index contributed by atoms with van der Waals surface area (Å²) in [5.74, 6) is 0. The maximum absolute atomic E-state index is 4.83. The predicted molar refractivity (Wildman–Crippen MR) is 112 cm³/mol. The van der Waals surface area contributed by atoms with Gasteiger partial charge < -0.3 is 4.74 Å². The molecule has 0 unspecified atom stereocenters. The molecule has 0 aliphatic rings. The van der Waals surface area contributed by atoms with Gasteiger partial charge >= 0.3 is 0 Å². The molecule has 0 saturated carbocycles. The second-order valence-electron chi connectivity index (χ2n) is 5.90. The van der Waals surface area contributed by atoms with Crippen LogP contribution in [0.15, 0.2) is 0 Å². The first-order chi connectivity index (χ1) is 11.2. The molecule has 0 radical (unpaired) electrons. The Morgan fingerprint density at radius 3 is 0.565 bits per heavy atom. The summed E-state index contributed by atoms with van der Waals surface area (Å²) in [6, 6.07) is 0. The molecule has 1 nitrogen and oxygen atoms in total. The quantitative estimate of drug-likeness (QED) is 0.343. The number of ether oxygens (including phenoxy) is 1. The van der Waals surface area contributed by atoms with Gasteiger partial charge in [0.25, 0.3) is 0 Å². The van der Waals surface area contributed by atoms with Crippen molar-refractivity contribution in [3.8, 4) is 0 Å². The molecule has 0 saturated heterocycles. The van der Waals surface area contributed by atoms with Crippen LogP contribution in [0.2, 0.25) is 0 Å². The molecular formula is C22H52O. The molecule has 0 aliphatic heterocycles. The third-order valence-electron chi connectivity index (χ3n) is 3.28. The fraction of sp³-hybridized carbons (Fsp3) is 1.00. The smallest absolute Gasteiger partial charge is 0.0437 e. The number of hydrogen-bond acceptors (Lipinski definition) is 1. The van der Waals surface area contributed by atoms with Gasteiger partial charge in [0.2, 0.25) is 0 Å². The molecule has 0 aliphatic carbocycles. The molecule has 0 N–H and O–H groups in total. The SMILES string of the molecule is CCCCCC.CCCCCC.CCCCCC.CCOCC. The van der Waals surface area contributed by atoms with Crippen LogP contribution in [-0.2, 0) is 4.74 Å². The van der Waals surface area contributed by atoms with Crippen molar-refractivity contribution in [2.75, 3.05) is 13.2 Å². The van der Waals surface area contributed by atoms with Crippen LogP contribution in [0.1, 0.15) is 132 Å². The van der Waals surface area contributed by atoms with E-state index in [0.29, 0.717) is 0 Å². The molecule has 0 aromatic rings. The van der Waals surface area contributed by atoms with Gasteiger partial charge in [-0.3, -0.25) is 0 Å². The van der Waals surface area contributed by atoms with Crippen LogP contribution >= 0.6 is 0 Å². The summed E-state index contributed by atoms with van der Waals surface area (Å²) in [6.07, 6.45) is 16.6. The van der Waals surface area contributed by atoms with Gasteiger partial charge in [-0.1, -0.05) is 119 Å². The summed E-state index contributed by atoms with van der Waals surface area (Å²) in [5, 5.41) is 0. The molecule has 0 heterocycles. The van der Waals surface area contributed by atoms with Gasteiger partial charge in [0.15, 0.2) is 0 Å². The fourth-order valence-corrected chi connectivity index (χ4v) is 1.70. The standard InChI is InChI=1S/3C6H14.C4H10O/c3*1-3-5-6-4-2;1-3-5-4-2/h3*3-6H2,1-2H3;3-4H2,1-2H3. The van der Waals surface area contributed by atoms with Crippen molar-refractivity contribution in [1.82, 2.24) is 0 Å². The van der Waals surface area contributed by atoms with E-state index < -0.39 is 0 Å². The summed E-state index contributed by atoms with van der Waals surface area (Å²) in [7, 11) is 0. The van der Waals surface area contributed by atoms with Crippen molar-refractivity contribution in [3.63, 3.8) is 0 Å². The molecule has 0 aromatic carbocycles. The van der Waals surface area contributed by atoms with E-state index in [1.807, 2.05) is 13.8 Å². The molecule has 0 rings (SSSR count). The highest BCUT2D eigenvalue weighted by molar-refractivity contribution is 4.32. The zero-order valence-electron chi connectivity index (χ0n) is 18.3. The van der Waals surface area contributed by atoms with Gasteiger partial charge in [-0.2, -0.15) is 0 Å². The van der Waals surface area contributed by atoms with Crippen LogP contribution in [0.3, 0.4) is 0 Å². The van der Waals surface area contributed by atoms with Crippen LogP contribution in [0.4, 0.5) is 0 Å². The van der Waals surface area contributed by atoms with Crippen LogP contribution in [-0.4, -0.2) is 13.2 Å². The van der Waals surface area contributed by atoms with Crippen molar-refractivity contribution in [2.45, 2.75) is 132 Å². The van der Waals surface area contributed by atoms with E-state index in [4.69, 9.17) is 4.74 Å². The second kappa shape index (κ2) is 43.1. The van der Waals surface area contributed by atoms with Crippen molar-refractivity contribution in [2.24, 2.45) is 0 Å². The summed E-state index contributed by atoms with van der Waals surface area (Å²) in [4.78, 5) is 0. The van der Waals surface area contributed by atoms with E-state index in [2.05, 4.69) is 41.5 Å². The Labute approximate surface area is 151 Å². The molecule has 0 aromatic heterocycles. The molecular weight excluding hydrogens is 280 g/mol. The van der Waals surface area contributed by atoms with Gasteiger partial charge in [0.1, 0.15) is 0 Å². The summed E-state index contributed by atoms with van der Waals surface area (Å²) in [5.41, 5.74) is 0. The lowest BCUT2D eigenvalue weighted by Gasteiger charge is -1.86. The van der Waals surface area contributed by atoms with Crippen LogP contribution < -0.4 is 0 Å². The van der Waals surface area contributed by atoms with Crippen LogP contribution in [0, 0.1) is 0 Å². The van der Waals surface area contributed by atoms with Crippen molar-refractivity contribution in [3.05, 3.63) is 0 Å². The molecule has 0 fully saturated rings. The van der Waals surface area contributed by atoms with Gasteiger partial charge in [-0.25, -0.2) is 0 Å². The van der Waals surface area contributed by atoms with Gasteiger partial charge in [-0.15, -0.1) is 0 Å². The normalized spacial score (nSPS) is 8.87. The average Bonchev–Trinajstić information content (AvgIpc) is 2.58. The highest BCUT2D eigenvalue weighted by Gasteiger charge is 1.76. The summed E-state index contributed by atoms with van der Waals surface area (Å²) in [6.45, 7) is 19.1. The molecule has 1 heteroatoms. The minimum Gasteiger partial charge on any atom is -0.382 e. The Balaban J connectivity index is -0.000000105. The number of hydrogen-bond donors (Lipinski definition) is 0.